The molecule has 0 heterocycles. The number of hydrogen-bond donors (Lipinski definition) is 3. The second kappa shape index (κ2) is 9.80. The maximum atomic E-state index is 12.4. The van der Waals surface area contributed by atoms with E-state index in [4.69, 9.17) is 9.84 Å². The SMILES string of the molecule is COc1cc(/C(O)=C(\C#N)C(=O)N(C)CC#CC(C)CO)cc([N+](=O)[O-])c1O. The molecule has 0 aliphatic carbocycles. The number of nitrogens with zero attached hydrogens (tertiary/aromatic N) is 3. The molecule has 10 nitrogen and oxygen atoms in total. The van der Waals surface area contributed by atoms with Gasteiger partial charge in [-0.2, -0.15) is 5.26 Å². The van der Waals surface area contributed by atoms with E-state index < -0.39 is 33.6 Å². The molecular weight excluding hydrogens is 370 g/mol. The lowest BCUT2D eigenvalue weighted by atomic mass is 10.1. The zero-order chi connectivity index (χ0) is 21.4. The number of aliphatic hydroxyl groups excluding tert-OH is 2. The van der Waals surface area contributed by atoms with Gasteiger partial charge in [-0.25, -0.2) is 0 Å². The minimum absolute atomic E-state index is 0.0688. The van der Waals surface area contributed by atoms with Crippen LogP contribution in [0.5, 0.6) is 11.5 Å². The molecule has 0 aliphatic heterocycles. The van der Waals surface area contributed by atoms with Crippen LogP contribution >= 0.6 is 0 Å². The second-order valence-electron chi connectivity index (χ2n) is 5.70. The molecule has 3 N–H and O–H groups in total. The first-order chi connectivity index (χ1) is 13.2. The average molecular weight is 389 g/mol. The van der Waals surface area contributed by atoms with Crippen LogP contribution < -0.4 is 4.74 Å². The summed E-state index contributed by atoms with van der Waals surface area (Å²) < 4.78 is 4.83. The summed E-state index contributed by atoms with van der Waals surface area (Å²) in [5.74, 6) is 2.35. The fourth-order valence-corrected chi connectivity index (χ4v) is 2.02. The summed E-state index contributed by atoms with van der Waals surface area (Å²) in [7, 11) is 2.50. The Hall–Kier alpha value is -3.76. The number of carbonyl (C=O) groups excluding carboxylic acids is 1. The predicted octanol–water partition coefficient (Wildman–Crippen LogP) is 1.19. The smallest absolute Gasteiger partial charge is 0.315 e. The molecule has 0 saturated heterocycles. The van der Waals surface area contributed by atoms with Crippen molar-refractivity contribution < 1.29 is 29.8 Å². The Balaban J connectivity index is 3.33. The van der Waals surface area contributed by atoms with Crippen LogP contribution in [0, 0.1) is 39.2 Å². The maximum absolute atomic E-state index is 12.4. The molecule has 0 radical (unpaired) electrons. The van der Waals surface area contributed by atoms with Gasteiger partial charge in [-0.1, -0.05) is 11.8 Å². The van der Waals surface area contributed by atoms with Gasteiger partial charge in [-0.15, -0.1) is 0 Å². The van der Waals surface area contributed by atoms with Crippen molar-refractivity contribution in [2.24, 2.45) is 5.92 Å². The van der Waals surface area contributed by atoms with E-state index in [1.807, 2.05) is 0 Å². The summed E-state index contributed by atoms with van der Waals surface area (Å²) in [4.78, 5) is 23.7. The fourth-order valence-electron chi connectivity index (χ4n) is 2.02. The minimum Gasteiger partial charge on any atom is -0.506 e. The largest absolute Gasteiger partial charge is 0.506 e. The van der Waals surface area contributed by atoms with Crippen LogP contribution in [0.3, 0.4) is 0 Å². The molecule has 0 bridgehead atoms. The molecular formula is C18H19N3O7. The summed E-state index contributed by atoms with van der Waals surface area (Å²) in [6.45, 7) is 1.48. The van der Waals surface area contributed by atoms with E-state index in [-0.39, 0.29) is 30.4 Å². The Bertz CT molecular complexity index is 906. The topological polar surface area (TPSA) is 157 Å². The number of nitro groups is 1. The second-order valence-corrected chi connectivity index (χ2v) is 5.70. The summed E-state index contributed by atoms with van der Waals surface area (Å²) in [5, 5.41) is 49.4. The third-order valence-corrected chi connectivity index (χ3v) is 3.59. The van der Waals surface area contributed by atoms with Crippen molar-refractivity contribution in [2.45, 2.75) is 6.92 Å². The number of rotatable bonds is 6. The average Bonchev–Trinajstić information content (AvgIpc) is 2.67. The molecule has 0 saturated carbocycles. The van der Waals surface area contributed by atoms with Gasteiger partial charge in [0, 0.05) is 24.6 Å². The van der Waals surface area contributed by atoms with Gasteiger partial charge in [0.15, 0.2) is 11.3 Å². The molecule has 0 aromatic heterocycles. The monoisotopic (exact) mass is 389 g/mol. The quantitative estimate of drug-likeness (QED) is 0.163. The molecule has 28 heavy (non-hydrogen) atoms. The van der Waals surface area contributed by atoms with Crippen LogP contribution in [0.2, 0.25) is 0 Å². The Labute approximate surface area is 161 Å². The normalized spacial score (nSPS) is 12.0. The first kappa shape index (κ1) is 22.3. The molecule has 148 valence electrons. The van der Waals surface area contributed by atoms with Gasteiger partial charge in [-0.3, -0.25) is 14.9 Å². The summed E-state index contributed by atoms with van der Waals surface area (Å²) in [6, 6.07) is 3.45. The lowest BCUT2D eigenvalue weighted by molar-refractivity contribution is -0.386. The number of methoxy groups -OCH3 is 1. The van der Waals surface area contributed by atoms with Crippen LogP contribution in [-0.4, -0.2) is 58.4 Å². The Morgan fingerprint density at radius 3 is 2.61 bits per heavy atom. The van der Waals surface area contributed by atoms with Crippen LogP contribution in [0.25, 0.3) is 5.76 Å². The van der Waals surface area contributed by atoms with E-state index >= 15 is 0 Å². The third kappa shape index (κ3) is 5.13. The van der Waals surface area contributed by atoms with Gasteiger partial charge in [0.1, 0.15) is 11.8 Å². The van der Waals surface area contributed by atoms with E-state index in [0.717, 1.165) is 24.1 Å². The summed E-state index contributed by atoms with van der Waals surface area (Å²) in [5.41, 5.74) is -1.68. The fraction of sp³-hybridized carbons (Fsp3) is 0.333. The number of nitriles is 1. The van der Waals surface area contributed by atoms with Crippen molar-refractivity contribution in [2.75, 3.05) is 27.3 Å². The van der Waals surface area contributed by atoms with E-state index in [9.17, 15) is 30.4 Å². The van der Waals surface area contributed by atoms with E-state index in [2.05, 4.69) is 11.8 Å². The van der Waals surface area contributed by atoms with Crippen molar-refractivity contribution in [3.63, 3.8) is 0 Å². The van der Waals surface area contributed by atoms with Crippen LogP contribution in [0.15, 0.2) is 17.7 Å². The Morgan fingerprint density at radius 1 is 1.46 bits per heavy atom. The van der Waals surface area contributed by atoms with Gasteiger partial charge >= 0.3 is 5.69 Å². The number of phenols is 1. The maximum Gasteiger partial charge on any atom is 0.315 e. The Morgan fingerprint density at radius 2 is 2.11 bits per heavy atom. The number of phenolic OH excluding ortho intramolecular Hbond substituents is 1. The van der Waals surface area contributed by atoms with Crippen molar-refractivity contribution in [3.05, 3.63) is 33.4 Å². The first-order valence-corrected chi connectivity index (χ1v) is 7.91. The highest BCUT2D eigenvalue weighted by Gasteiger charge is 2.25. The number of ether oxygens (including phenoxy) is 1. The van der Waals surface area contributed by atoms with Gasteiger partial charge in [-0.05, 0) is 13.0 Å². The summed E-state index contributed by atoms with van der Waals surface area (Å²) >= 11 is 0. The highest BCUT2D eigenvalue weighted by Crippen LogP contribution is 2.38. The van der Waals surface area contributed by atoms with E-state index in [0.29, 0.717) is 0 Å². The Kier molecular flexibility index (Phi) is 7.80. The van der Waals surface area contributed by atoms with E-state index in [1.165, 1.54) is 7.05 Å². The molecule has 1 atom stereocenters. The van der Waals surface area contributed by atoms with Gasteiger partial charge in [0.05, 0.1) is 25.2 Å². The zero-order valence-electron chi connectivity index (χ0n) is 15.5. The molecule has 1 aromatic carbocycles. The zero-order valence-corrected chi connectivity index (χ0v) is 15.5. The molecule has 1 unspecified atom stereocenters. The van der Waals surface area contributed by atoms with E-state index in [1.54, 1.807) is 13.0 Å². The molecule has 0 aliphatic rings. The lowest BCUT2D eigenvalue weighted by Gasteiger charge is -2.14. The van der Waals surface area contributed by atoms with Crippen molar-refractivity contribution in [3.8, 4) is 29.4 Å². The standard InChI is InChI=1S/C18H19N3O7/c1-11(10-22)5-4-6-20(2)18(25)13(9-19)16(23)12-7-14(21(26)27)17(24)15(8-12)28-3/h7-8,11,22-24H,6,10H2,1-3H3/b16-13-. The molecule has 0 spiro atoms. The number of hydrogen-bond acceptors (Lipinski definition) is 8. The van der Waals surface area contributed by atoms with Crippen LogP contribution in [0.4, 0.5) is 5.69 Å². The number of nitro benzene ring substituents is 1. The summed E-state index contributed by atoms with van der Waals surface area (Å²) in [6.07, 6.45) is 0. The molecule has 1 amide bonds. The van der Waals surface area contributed by atoms with Crippen molar-refractivity contribution in [1.82, 2.24) is 4.90 Å². The molecule has 10 heteroatoms. The lowest BCUT2D eigenvalue weighted by Crippen LogP contribution is -2.28. The number of aromatic hydroxyl groups is 1. The molecule has 0 fully saturated rings. The van der Waals surface area contributed by atoms with Crippen LogP contribution in [-0.2, 0) is 4.79 Å². The molecule has 1 rings (SSSR count). The first-order valence-electron chi connectivity index (χ1n) is 7.91. The number of carbonyl (C=O) groups is 1. The highest BCUT2D eigenvalue weighted by molar-refractivity contribution is 6.03. The third-order valence-electron chi connectivity index (χ3n) is 3.59. The number of amides is 1. The number of likely N-dealkylation sites (N-methyl/N-ethyl adjacent to an activating group) is 1. The van der Waals surface area contributed by atoms with Crippen molar-refractivity contribution >= 4 is 17.4 Å². The van der Waals surface area contributed by atoms with Crippen molar-refractivity contribution in [1.29, 1.82) is 5.26 Å². The highest BCUT2D eigenvalue weighted by atomic mass is 16.6. The number of aliphatic hydroxyl groups is 2. The van der Waals surface area contributed by atoms with Crippen LogP contribution in [0.1, 0.15) is 12.5 Å². The number of benzene rings is 1. The molecule has 1 aromatic rings. The predicted molar refractivity (Wildman–Crippen MR) is 98.1 cm³/mol. The van der Waals surface area contributed by atoms with Gasteiger partial charge in [0.25, 0.3) is 5.91 Å². The van der Waals surface area contributed by atoms with Gasteiger partial charge in [0.2, 0.25) is 5.75 Å². The minimum atomic E-state index is -0.896. The van der Waals surface area contributed by atoms with Gasteiger partial charge < -0.3 is 25.0 Å².